The third-order valence-electron chi connectivity index (χ3n) is 6.42. The van der Waals surface area contributed by atoms with E-state index in [1.807, 2.05) is 54.6 Å². The highest BCUT2D eigenvalue weighted by Crippen LogP contribution is 2.29. The largest absolute Gasteiger partial charge is 0.481 e. The second-order valence-electron chi connectivity index (χ2n) is 9.51. The first-order valence-corrected chi connectivity index (χ1v) is 12.6. The fraction of sp³-hybridized carbons (Fsp3) is 0.290. The lowest BCUT2D eigenvalue weighted by atomic mass is 9.94. The van der Waals surface area contributed by atoms with Crippen molar-refractivity contribution in [2.24, 2.45) is 10.9 Å². The number of hydrogen-bond acceptors (Lipinski definition) is 6. The summed E-state index contributed by atoms with van der Waals surface area (Å²) in [7, 11) is 1.67. The third kappa shape index (κ3) is 7.61. The van der Waals surface area contributed by atoms with Crippen molar-refractivity contribution in [2.45, 2.75) is 46.4 Å². The van der Waals surface area contributed by atoms with Gasteiger partial charge >= 0.3 is 5.97 Å². The molecule has 0 heterocycles. The SMILES string of the molecule is C=C(N=C(ON)c1ccc(-c2ccccc2C)c(COC)c1)c1cccc(CN(CCC(=O)O)C(C)C)c1. The maximum absolute atomic E-state index is 11.1. The molecule has 0 aliphatic carbocycles. The summed E-state index contributed by atoms with van der Waals surface area (Å²) in [6.45, 7) is 11.9. The van der Waals surface area contributed by atoms with Crippen LogP contribution in [0, 0.1) is 6.92 Å². The third-order valence-corrected chi connectivity index (χ3v) is 6.42. The zero-order valence-electron chi connectivity index (χ0n) is 22.6. The number of hydrogen-bond donors (Lipinski definition) is 2. The van der Waals surface area contributed by atoms with E-state index in [0.29, 0.717) is 31.0 Å². The Labute approximate surface area is 225 Å². The first-order chi connectivity index (χ1) is 18.2. The number of rotatable bonds is 12. The van der Waals surface area contributed by atoms with Gasteiger partial charge in [0.1, 0.15) is 0 Å². The standard InChI is InChI=1S/C31H37N3O4/c1-21(2)34(16-15-30(35)36)19-24-10-8-11-25(17-24)23(4)33-31(38-32)26-13-14-29(27(18-26)20-37-5)28-12-7-6-9-22(28)3/h6-14,17-18,21H,4,15-16,19-20,32H2,1-3,5H3,(H,35,36). The number of carboxylic acids is 1. The van der Waals surface area contributed by atoms with Crippen LogP contribution in [-0.2, 0) is 27.5 Å². The maximum Gasteiger partial charge on any atom is 0.304 e. The van der Waals surface area contributed by atoms with Crippen LogP contribution >= 0.6 is 0 Å². The molecule has 0 aliphatic rings. The number of methoxy groups -OCH3 is 1. The predicted molar refractivity (Wildman–Crippen MR) is 152 cm³/mol. The van der Waals surface area contributed by atoms with Gasteiger partial charge in [0, 0.05) is 31.8 Å². The Bertz CT molecular complexity index is 1300. The Balaban J connectivity index is 1.88. The van der Waals surface area contributed by atoms with Gasteiger partial charge in [0.05, 0.1) is 18.7 Å². The van der Waals surface area contributed by atoms with Gasteiger partial charge in [-0.1, -0.05) is 55.1 Å². The molecule has 3 aromatic carbocycles. The number of nitrogens with two attached hydrogens (primary N) is 1. The van der Waals surface area contributed by atoms with E-state index < -0.39 is 5.97 Å². The van der Waals surface area contributed by atoms with Gasteiger partial charge in [-0.25, -0.2) is 4.99 Å². The van der Waals surface area contributed by atoms with Crippen molar-refractivity contribution < 1.29 is 19.5 Å². The van der Waals surface area contributed by atoms with Crippen LogP contribution < -0.4 is 5.90 Å². The van der Waals surface area contributed by atoms with E-state index >= 15 is 0 Å². The van der Waals surface area contributed by atoms with Gasteiger partial charge in [-0.3, -0.25) is 9.69 Å². The Hall–Kier alpha value is -3.78. The minimum absolute atomic E-state index is 0.0970. The zero-order valence-corrected chi connectivity index (χ0v) is 22.6. The molecule has 0 fully saturated rings. The van der Waals surface area contributed by atoms with Crippen LogP contribution in [0.2, 0.25) is 0 Å². The molecule has 0 bridgehead atoms. The highest BCUT2D eigenvalue weighted by Gasteiger charge is 2.15. The number of carboxylic acid groups (broad SMARTS) is 1. The summed E-state index contributed by atoms with van der Waals surface area (Å²) in [5.41, 5.74) is 7.47. The Morgan fingerprint density at radius 2 is 1.82 bits per heavy atom. The van der Waals surface area contributed by atoms with Gasteiger partial charge in [-0.2, -0.15) is 5.90 Å². The summed E-state index contributed by atoms with van der Waals surface area (Å²) in [4.78, 5) is 23.0. The topological polar surface area (TPSA) is 97.4 Å². The van der Waals surface area contributed by atoms with E-state index in [4.69, 9.17) is 20.6 Å². The molecule has 7 nitrogen and oxygen atoms in total. The smallest absolute Gasteiger partial charge is 0.304 e. The predicted octanol–water partition coefficient (Wildman–Crippen LogP) is 5.80. The number of nitrogens with zero attached hydrogens (tertiary/aromatic N) is 2. The quantitative estimate of drug-likeness (QED) is 0.180. The average Bonchev–Trinajstić information content (AvgIpc) is 2.90. The maximum atomic E-state index is 11.1. The molecule has 3 aromatic rings. The Morgan fingerprint density at radius 3 is 2.47 bits per heavy atom. The van der Waals surface area contributed by atoms with Crippen molar-refractivity contribution in [3.05, 3.63) is 101 Å². The number of aliphatic carboxylic acids is 1. The van der Waals surface area contributed by atoms with Crippen LogP contribution in [0.4, 0.5) is 0 Å². The molecule has 7 heteroatoms. The molecule has 0 atom stereocenters. The van der Waals surface area contributed by atoms with E-state index in [1.54, 1.807) is 7.11 Å². The first-order valence-electron chi connectivity index (χ1n) is 12.6. The van der Waals surface area contributed by atoms with Crippen LogP contribution in [0.15, 0.2) is 78.3 Å². The highest BCUT2D eigenvalue weighted by molar-refractivity contribution is 5.98. The van der Waals surface area contributed by atoms with Crippen LogP contribution in [-0.4, -0.2) is 41.6 Å². The zero-order chi connectivity index (χ0) is 27.7. The molecular formula is C31H37N3O4. The van der Waals surface area contributed by atoms with Crippen molar-refractivity contribution in [3.8, 4) is 11.1 Å². The fourth-order valence-corrected chi connectivity index (χ4v) is 4.33. The van der Waals surface area contributed by atoms with Crippen molar-refractivity contribution in [1.29, 1.82) is 0 Å². The molecule has 0 aromatic heterocycles. The number of benzene rings is 3. The van der Waals surface area contributed by atoms with E-state index in [9.17, 15) is 4.79 Å². The summed E-state index contributed by atoms with van der Waals surface area (Å²) in [6.07, 6.45) is 0.0970. The second kappa shape index (κ2) is 13.7. The van der Waals surface area contributed by atoms with E-state index in [0.717, 1.165) is 27.8 Å². The van der Waals surface area contributed by atoms with Crippen LogP contribution in [0.5, 0.6) is 0 Å². The van der Waals surface area contributed by atoms with Crippen LogP contribution in [0.3, 0.4) is 0 Å². The lowest BCUT2D eigenvalue weighted by molar-refractivity contribution is -0.137. The summed E-state index contributed by atoms with van der Waals surface area (Å²) in [5.74, 6) is 5.10. The number of carbonyl (C=O) groups is 1. The first kappa shape index (κ1) is 28.8. The van der Waals surface area contributed by atoms with Crippen LogP contribution in [0.25, 0.3) is 16.8 Å². The molecule has 0 saturated heterocycles. The van der Waals surface area contributed by atoms with Crippen molar-refractivity contribution in [3.63, 3.8) is 0 Å². The van der Waals surface area contributed by atoms with Gasteiger partial charge in [0.25, 0.3) is 0 Å². The van der Waals surface area contributed by atoms with Crippen molar-refractivity contribution >= 4 is 17.6 Å². The summed E-state index contributed by atoms with van der Waals surface area (Å²) < 4.78 is 5.47. The molecule has 0 aliphatic heterocycles. The van der Waals surface area contributed by atoms with Gasteiger partial charge < -0.3 is 14.7 Å². The molecule has 200 valence electrons. The average molecular weight is 516 g/mol. The molecule has 0 saturated carbocycles. The summed E-state index contributed by atoms with van der Waals surface area (Å²) in [6, 6.07) is 22.3. The van der Waals surface area contributed by atoms with Crippen molar-refractivity contribution in [2.75, 3.05) is 13.7 Å². The summed E-state index contributed by atoms with van der Waals surface area (Å²) >= 11 is 0. The van der Waals surface area contributed by atoms with Gasteiger partial charge in [-0.05, 0) is 72.4 Å². The monoisotopic (exact) mass is 515 g/mol. The number of aryl methyl sites for hydroxylation is 1. The van der Waals surface area contributed by atoms with Crippen molar-refractivity contribution in [1.82, 2.24) is 4.90 Å². The highest BCUT2D eigenvalue weighted by atomic mass is 16.6. The van der Waals surface area contributed by atoms with E-state index in [2.05, 4.69) is 49.4 Å². The fourth-order valence-electron chi connectivity index (χ4n) is 4.33. The molecule has 3 N–H and O–H groups in total. The van der Waals surface area contributed by atoms with E-state index in [1.165, 1.54) is 5.56 Å². The van der Waals surface area contributed by atoms with E-state index in [-0.39, 0.29) is 18.4 Å². The molecular weight excluding hydrogens is 478 g/mol. The normalized spacial score (nSPS) is 11.7. The molecule has 38 heavy (non-hydrogen) atoms. The molecule has 0 radical (unpaired) electrons. The minimum Gasteiger partial charge on any atom is -0.481 e. The Morgan fingerprint density at radius 1 is 1.05 bits per heavy atom. The number of ether oxygens (including phenoxy) is 1. The second-order valence-corrected chi connectivity index (χ2v) is 9.51. The molecule has 3 rings (SSSR count). The van der Waals surface area contributed by atoms with Gasteiger partial charge in [0.15, 0.2) is 0 Å². The Kier molecular flexibility index (Phi) is 10.4. The van der Waals surface area contributed by atoms with Crippen LogP contribution in [0.1, 0.15) is 48.1 Å². The van der Waals surface area contributed by atoms with Gasteiger partial charge in [0.2, 0.25) is 5.90 Å². The molecule has 0 spiro atoms. The molecule has 0 unspecified atom stereocenters. The lowest BCUT2D eigenvalue weighted by Gasteiger charge is -2.26. The van der Waals surface area contributed by atoms with Gasteiger partial charge in [-0.15, -0.1) is 0 Å². The molecule has 0 amide bonds. The lowest BCUT2D eigenvalue weighted by Crippen LogP contribution is -2.32. The minimum atomic E-state index is -0.804. The summed E-state index contributed by atoms with van der Waals surface area (Å²) in [5, 5.41) is 9.08. The number of aliphatic imine (C=N–C) groups is 1.